The van der Waals surface area contributed by atoms with E-state index < -0.39 is 5.54 Å². The summed E-state index contributed by atoms with van der Waals surface area (Å²) in [6.07, 6.45) is 4.16. The fourth-order valence-corrected chi connectivity index (χ4v) is 4.25. The highest BCUT2D eigenvalue weighted by atomic mass is 16.5. The number of hydrogen-bond acceptors (Lipinski definition) is 4. The lowest BCUT2D eigenvalue weighted by molar-refractivity contribution is -0.147. The van der Waals surface area contributed by atoms with Crippen molar-refractivity contribution in [2.75, 3.05) is 7.11 Å². The third-order valence-corrected chi connectivity index (χ3v) is 5.63. The second kappa shape index (κ2) is 8.39. The van der Waals surface area contributed by atoms with Gasteiger partial charge in [0.15, 0.2) is 0 Å². The Kier molecular flexibility index (Phi) is 5.52. The molecule has 4 heteroatoms. The fourth-order valence-electron chi connectivity index (χ4n) is 4.25. The van der Waals surface area contributed by atoms with Gasteiger partial charge in [-0.25, -0.2) is 0 Å². The molecule has 1 aromatic heterocycles. The van der Waals surface area contributed by atoms with Gasteiger partial charge in [-0.15, -0.1) is 0 Å². The van der Waals surface area contributed by atoms with Crippen LogP contribution in [0, 0.1) is 5.92 Å². The molecular formula is C25H24N2O2. The molecule has 1 heterocycles. The molecule has 146 valence electrons. The van der Waals surface area contributed by atoms with Crippen LogP contribution in [0.4, 0.5) is 0 Å². The molecule has 0 N–H and O–H groups in total. The minimum atomic E-state index is -0.741. The Labute approximate surface area is 171 Å². The Balaban J connectivity index is 1.96. The molecule has 1 aliphatic carbocycles. The maximum Gasteiger partial charge on any atom is 0.311 e. The number of pyridine rings is 1. The number of rotatable bonds is 5. The molecule has 0 bridgehead atoms. The highest BCUT2D eigenvalue weighted by Crippen LogP contribution is 2.47. The number of benzene rings is 2. The monoisotopic (exact) mass is 384 g/mol. The largest absolute Gasteiger partial charge is 0.469 e. The molecule has 2 atom stereocenters. The summed E-state index contributed by atoms with van der Waals surface area (Å²) in [5, 5.41) is 0. The van der Waals surface area contributed by atoms with E-state index in [9.17, 15) is 4.79 Å². The summed E-state index contributed by atoms with van der Waals surface area (Å²) < 4.78 is 5.17. The summed E-state index contributed by atoms with van der Waals surface area (Å²) in [5.74, 6) is -0.581. The van der Waals surface area contributed by atoms with Crippen molar-refractivity contribution in [1.82, 2.24) is 4.98 Å². The molecule has 0 saturated heterocycles. The molecule has 4 nitrogen and oxygen atoms in total. The zero-order valence-corrected chi connectivity index (χ0v) is 16.5. The predicted molar refractivity (Wildman–Crippen MR) is 114 cm³/mol. The number of nitrogens with zero attached hydrogens (tertiary/aromatic N) is 2. The van der Waals surface area contributed by atoms with Crippen LogP contribution < -0.4 is 0 Å². The number of methoxy groups -OCH3 is 1. The Morgan fingerprint density at radius 2 is 1.59 bits per heavy atom. The second-order valence-electron chi connectivity index (χ2n) is 7.30. The first-order valence-corrected chi connectivity index (χ1v) is 9.94. The zero-order valence-electron chi connectivity index (χ0n) is 16.5. The maximum atomic E-state index is 12.7. The average Bonchev–Trinajstić information content (AvgIpc) is 3.23. The summed E-state index contributed by atoms with van der Waals surface area (Å²) in [5.41, 5.74) is 2.98. The molecule has 1 aliphatic rings. The first-order valence-electron chi connectivity index (χ1n) is 9.94. The maximum absolute atomic E-state index is 12.7. The lowest BCUT2D eigenvalue weighted by atomic mass is 9.83. The van der Waals surface area contributed by atoms with Crippen molar-refractivity contribution in [1.29, 1.82) is 0 Å². The van der Waals surface area contributed by atoms with E-state index in [4.69, 9.17) is 9.73 Å². The number of carbonyl (C=O) groups is 1. The molecule has 1 saturated carbocycles. The van der Waals surface area contributed by atoms with Crippen LogP contribution in [-0.4, -0.2) is 23.8 Å². The van der Waals surface area contributed by atoms with Gasteiger partial charge in [-0.2, -0.15) is 0 Å². The summed E-state index contributed by atoms with van der Waals surface area (Å²) in [6, 6.07) is 26.1. The molecular weight excluding hydrogens is 360 g/mol. The fraction of sp³-hybridized carbons (Fsp3) is 0.240. The van der Waals surface area contributed by atoms with Gasteiger partial charge in [-0.3, -0.25) is 14.8 Å². The van der Waals surface area contributed by atoms with Crippen molar-refractivity contribution in [3.05, 3.63) is 102 Å². The van der Waals surface area contributed by atoms with E-state index in [1.54, 1.807) is 6.20 Å². The Morgan fingerprint density at radius 3 is 2.14 bits per heavy atom. The molecule has 0 radical (unpaired) electrons. The smallest absolute Gasteiger partial charge is 0.311 e. The summed E-state index contributed by atoms with van der Waals surface area (Å²) >= 11 is 0. The molecule has 1 fully saturated rings. The van der Waals surface area contributed by atoms with Crippen molar-refractivity contribution in [2.24, 2.45) is 10.9 Å². The predicted octanol–water partition coefficient (Wildman–Crippen LogP) is 4.79. The SMILES string of the molecule is COC(=O)[C@@H]1CCCC1(N=C(c1ccccc1)c1ccccc1)c1ccccn1. The number of aliphatic imine (C=N–C) groups is 1. The van der Waals surface area contributed by atoms with Crippen LogP contribution >= 0.6 is 0 Å². The number of aromatic nitrogens is 1. The summed E-state index contributed by atoms with van der Waals surface area (Å²) in [7, 11) is 1.45. The van der Waals surface area contributed by atoms with Crippen molar-refractivity contribution in [3.63, 3.8) is 0 Å². The summed E-state index contributed by atoms with van der Waals surface area (Å²) in [4.78, 5) is 22.7. The Bertz CT molecular complexity index is 946. The van der Waals surface area contributed by atoms with Gasteiger partial charge in [0, 0.05) is 17.3 Å². The topological polar surface area (TPSA) is 51.5 Å². The first kappa shape index (κ1) is 19.1. The minimum absolute atomic E-state index is 0.225. The van der Waals surface area contributed by atoms with Crippen molar-refractivity contribution in [3.8, 4) is 0 Å². The quantitative estimate of drug-likeness (QED) is 0.469. The van der Waals surface area contributed by atoms with Gasteiger partial charge in [0.25, 0.3) is 0 Å². The first-order chi connectivity index (χ1) is 14.2. The van der Waals surface area contributed by atoms with Crippen LogP contribution in [0.1, 0.15) is 36.1 Å². The highest BCUT2D eigenvalue weighted by molar-refractivity contribution is 6.13. The third-order valence-electron chi connectivity index (χ3n) is 5.63. The van der Waals surface area contributed by atoms with Crippen LogP contribution in [0.15, 0.2) is 90.1 Å². The van der Waals surface area contributed by atoms with E-state index in [1.165, 1.54) is 7.11 Å². The molecule has 0 amide bonds. The molecule has 29 heavy (non-hydrogen) atoms. The molecule has 4 rings (SSSR count). The van der Waals surface area contributed by atoms with Gasteiger partial charge in [0.05, 0.1) is 24.4 Å². The van der Waals surface area contributed by atoms with Crippen LogP contribution in [-0.2, 0) is 15.1 Å². The van der Waals surface area contributed by atoms with E-state index in [1.807, 2.05) is 54.6 Å². The van der Waals surface area contributed by atoms with Gasteiger partial charge in [0.2, 0.25) is 0 Å². The Morgan fingerprint density at radius 1 is 0.966 bits per heavy atom. The minimum Gasteiger partial charge on any atom is -0.469 e. The van der Waals surface area contributed by atoms with E-state index in [0.717, 1.165) is 41.8 Å². The van der Waals surface area contributed by atoms with E-state index in [-0.39, 0.29) is 11.9 Å². The van der Waals surface area contributed by atoms with Gasteiger partial charge >= 0.3 is 5.97 Å². The Hall–Kier alpha value is -3.27. The molecule has 0 spiro atoms. The van der Waals surface area contributed by atoms with E-state index in [2.05, 4.69) is 29.2 Å². The zero-order chi connectivity index (χ0) is 20.1. The van der Waals surface area contributed by atoms with Crippen LogP contribution in [0.25, 0.3) is 0 Å². The van der Waals surface area contributed by atoms with Crippen LogP contribution in [0.3, 0.4) is 0 Å². The lowest BCUT2D eigenvalue weighted by Gasteiger charge is -2.31. The van der Waals surface area contributed by atoms with E-state index >= 15 is 0 Å². The molecule has 3 aromatic rings. The number of esters is 1. The van der Waals surface area contributed by atoms with Gasteiger partial charge < -0.3 is 4.74 Å². The van der Waals surface area contributed by atoms with E-state index in [0.29, 0.717) is 0 Å². The normalized spacial score (nSPS) is 20.8. The van der Waals surface area contributed by atoms with Crippen LogP contribution in [0.5, 0.6) is 0 Å². The van der Waals surface area contributed by atoms with Crippen molar-refractivity contribution in [2.45, 2.75) is 24.8 Å². The van der Waals surface area contributed by atoms with Crippen molar-refractivity contribution < 1.29 is 9.53 Å². The third kappa shape index (κ3) is 3.70. The highest BCUT2D eigenvalue weighted by Gasteiger charge is 2.50. The molecule has 0 aliphatic heterocycles. The molecule has 2 aromatic carbocycles. The standard InChI is InChI=1S/C25H24N2O2/c1-29-24(28)21-15-10-17-25(21,22-16-8-9-18-26-22)27-23(19-11-4-2-5-12-19)20-13-6-3-7-14-20/h2-9,11-14,16,18,21H,10,15,17H2,1H3/t21-,25?/m0/s1. The number of carbonyl (C=O) groups excluding carboxylic acids is 1. The lowest BCUT2D eigenvalue weighted by Crippen LogP contribution is -2.36. The number of hydrogen-bond donors (Lipinski definition) is 0. The van der Waals surface area contributed by atoms with Crippen molar-refractivity contribution >= 4 is 11.7 Å². The van der Waals surface area contributed by atoms with Crippen LogP contribution in [0.2, 0.25) is 0 Å². The second-order valence-corrected chi connectivity index (χ2v) is 7.30. The van der Waals surface area contributed by atoms with Gasteiger partial charge in [0.1, 0.15) is 5.54 Å². The average molecular weight is 384 g/mol. The van der Waals surface area contributed by atoms with Gasteiger partial charge in [-0.05, 0) is 31.4 Å². The summed E-state index contributed by atoms with van der Waals surface area (Å²) in [6.45, 7) is 0. The molecule has 1 unspecified atom stereocenters. The number of ether oxygens (including phenoxy) is 1. The van der Waals surface area contributed by atoms with Gasteiger partial charge in [-0.1, -0.05) is 66.7 Å².